The highest BCUT2D eigenvalue weighted by Gasteiger charge is 2.55. The molecule has 0 radical (unpaired) electrons. The summed E-state index contributed by atoms with van der Waals surface area (Å²) >= 11 is 0. The van der Waals surface area contributed by atoms with Crippen molar-refractivity contribution in [1.29, 1.82) is 0 Å². The number of esters is 1. The minimum atomic E-state index is -0.960. The van der Waals surface area contributed by atoms with E-state index in [9.17, 15) is 9.59 Å². The second kappa shape index (κ2) is 6.76. The van der Waals surface area contributed by atoms with Gasteiger partial charge in [0.05, 0.1) is 0 Å². The number of carbonyl (C=O) groups is 2. The van der Waals surface area contributed by atoms with Gasteiger partial charge in [0.2, 0.25) is 0 Å². The van der Waals surface area contributed by atoms with Gasteiger partial charge in [-0.3, -0.25) is 4.90 Å². The van der Waals surface area contributed by atoms with Crippen LogP contribution in [0.1, 0.15) is 45.6 Å². The Morgan fingerprint density at radius 3 is 2.62 bits per heavy atom. The Morgan fingerprint density at radius 1 is 1.27 bits per heavy atom. The van der Waals surface area contributed by atoms with Crippen LogP contribution in [0.2, 0.25) is 0 Å². The molecule has 0 aromatic heterocycles. The molecule has 1 aromatic rings. The molecule has 6 nitrogen and oxygen atoms in total. The molecule has 1 heterocycles. The van der Waals surface area contributed by atoms with E-state index in [1.807, 2.05) is 36.4 Å². The average molecular weight is 358 g/mol. The Kier molecular flexibility index (Phi) is 4.80. The maximum absolute atomic E-state index is 12.8. The number of amides is 1. The van der Waals surface area contributed by atoms with Crippen LogP contribution in [0, 0.1) is 0 Å². The summed E-state index contributed by atoms with van der Waals surface area (Å²) in [5, 5.41) is 0. The van der Waals surface area contributed by atoms with Crippen molar-refractivity contribution in [2.45, 2.75) is 63.9 Å². The molecule has 2 aliphatic rings. The van der Waals surface area contributed by atoms with Gasteiger partial charge in [-0.1, -0.05) is 36.4 Å². The number of carbonyl (C=O) groups excluding carboxylic acids is 2. The lowest BCUT2D eigenvalue weighted by atomic mass is 10.0. The summed E-state index contributed by atoms with van der Waals surface area (Å²) in [5.41, 5.74) is 6.68. The van der Waals surface area contributed by atoms with E-state index in [1.54, 1.807) is 20.8 Å². The quantitative estimate of drug-likeness (QED) is 0.663. The van der Waals surface area contributed by atoms with Crippen molar-refractivity contribution in [3.05, 3.63) is 47.5 Å². The monoisotopic (exact) mass is 358 g/mol. The normalized spacial score (nSPS) is 24.8. The van der Waals surface area contributed by atoms with Crippen molar-refractivity contribution >= 4 is 12.1 Å². The third kappa shape index (κ3) is 3.60. The zero-order valence-electron chi connectivity index (χ0n) is 15.5. The van der Waals surface area contributed by atoms with E-state index >= 15 is 0 Å². The standard InChI is InChI=1S/C20H26N2O4/c1-19(2,3)26-18(24)22-16(12-15-10-7-11-20(15,22)21)17(23)25-13-14-8-5-4-6-9-14/h4-6,8-10,16H,7,11-13,21H2,1-3H3/t16-,20-/m0/s1. The van der Waals surface area contributed by atoms with E-state index in [0.29, 0.717) is 12.8 Å². The number of hydrogen-bond donors (Lipinski definition) is 1. The van der Waals surface area contributed by atoms with Gasteiger partial charge in [0.15, 0.2) is 0 Å². The van der Waals surface area contributed by atoms with Gasteiger partial charge in [-0.2, -0.15) is 0 Å². The average Bonchev–Trinajstić information content (AvgIpc) is 3.05. The highest BCUT2D eigenvalue weighted by atomic mass is 16.6. The molecule has 0 saturated carbocycles. The fourth-order valence-electron chi connectivity index (χ4n) is 3.53. The van der Waals surface area contributed by atoms with Crippen LogP contribution in [-0.4, -0.2) is 34.3 Å². The van der Waals surface area contributed by atoms with E-state index in [-0.39, 0.29) is 6.61 Å². The molecular weight excluding hydrogens is 332 g/mol. The van der Waals surface area contributed by atoms with E-state index in [0.717, 1.165) is 17.6 Å². The molecule has 3 rings (SSSR count). The van der Waals surface area contributed by atoms with Gasteiger partial charge in [-0.25, -0.2) is 9.59 Å². The Balaban J connectivity index is 1.77. The Hall–Kier alpha value is -2.34. The number of ether oxygens (including phenoxy) is 2. The summed E-state index contributed by atoms with van der Waals surface area (Å²) in [6.45, 7) is 5.53. The fraction of sp³-hybridized carbons (Fsp3) is 0.500. The number of allylic oxidation sites excluding steroid dienone is 1. The lowest BCUT2D eigenvalue weighted by Crippen LogP contribution is -2.59. The third-order valence-electron chi connectivity index (χ3n) is 4.71. The van der Waals surface area contributed by atoms with Crippen molar-refractivity contribution in [3.8, 4) is 0 Å². The summed E-state index contributed by atoms with van der Waals surface area (Å²) in [4.78, 5) is 26.9. The second-order valence-corrected chi connectivity index (χ2v) is 7.86. The first-order chi connectivity index (χ1) is 12.2. The molecule has 6 heteroatoms. The van der Waals surface area contributed by atoms with Crippen molar-refractivity contribution in [2.24, 2.45) is 5.73 Å². The second-order valence-electron chi connectivity index (χ2n) is 7.86. The highest BCUT2D eigenvalue weighted by molar-refractivity contribution is 5.84. The van der Waals surface area contributed by atoms with Gasteiger partial charge >= 0.3 is 12.1 Å². The molecule has 1 aliphatic carbocycles. The van der Waals surface area contributed by atoms with Crippen LogP contribution in [0.5, 0.6) is 0 Å². The van der Waals surface area contributed by atoms with Crippen molar-refractivity contribution < 1.29 is 19.1 Å². The van der Waals surface area contributed by atoms with E-state index in [4.69, 9.17) is 15.2 Å². The highest BCUT2D eigenvalue weighted by Crippen LogP contribution is 2.43. The zero-order valence-corrected chi connectivity index (χ0v) is 15.5. The largest absolute Gasteiger partial charge is 0.459 e. The summed E-state index contributed by atoms with van der Waals surface area (Å²) in [5.74, 6) is -0.458. The van der Waals surface area contributed by atoms with Gasteiger partial charge in [-0.15, -0.1) is 0 Å². The fourth-order valence-corrected chi connectivity index (χ4v) is 3.53. The Bertz CT molecular complexity index is 723. The van der Waals surface area contributed by atoms with Gasteiger partial charge < -0.3 is 15.2 Å². The van der Waals surface area contributed by atoms with Crippen LogP contribution >= 0.6 is 0 Å². The molecule has 0 bridgehead atoms. The predicted molar refractivity (Wildman–Crippen MR) is 97.0 cm³/mol. The number of nitrogens with zero attached hydrogens (tertiary/aromatic N) is 1. The smallest absolute Gasteiger partial charge is 0.412 e. The molecule has 2 atom stereocenters. The Morgan fingerprint density at radius 2 is 1.96 bits per heavy atom. The van der Waals surface area contributed by atoms with Crippen LogP contribution in [-0.2, 0) is 20.9 Å². The lowest BCUT2D eigenvalue weighted by Gasteiger charge is -2.37. The van der Waals surface area contributed by atoms with Crippen molar-refractivity contribution in [2.75, 3.05) is 0 Å². The number of nitrogens with two attached hydrogens (primary N) is 1. The van der Waals surface area contributed by atoms with Crippen molar-refractivity contribution in [1.82, 2.24) is 4.90 Å². The summed E-state index contributed by atoms with van der Waals surface area (Å²) in [6, 6.07) is 8.68. The van der Waals surface area contributed by atoms with Gasteiger partial charge in [0, 0.05) is 6.42 Å². The van der Waals surface area contributed by atoms with Gasteiger partial charge in [0.25, 0.3) is 0 Å². The number of benzene rings is 1. The lowest BCUT2D eigenvalue weighted by molar-refractivity contribution is -0.151. The number of rotatable bonds is 3. The maximum Gasteiger partial charge on any atom is 0.412 e. The van der Waals surface area contributed by atoms with E-state index < -0.39 is 29.4 Å². The zero-order chi connectivity index (χ0) is 18.9. The molecule has 1 aromatic carbocycles. The van der Waals surface area contributed by atoms with Gasteiger partial charge in [-0.05, 0) is 44.7 Å². The molecule has 1 saturated heterocycles. The molecule has 0 unspecified atom stereocenters. The van der Waals surface area contributed by atoms with Crippen LogP contribution in [0.25, 0.3) is 0 Å². The maximum atomic E-state index is 12.8. The van der Waals surface area contributed by atoms with Crippen molar-refractivity contribution in [3.63, 3.8) is 0 Å². The Labute approximate surface area is 153 Å². The molecule has 1 fully saturated rings. The van der Waals surface area contributed by atoms with Crippen LogP contribution < -0.4 is 5.73 Å². The van der Waals surface area contributed by atoms with Crippen LogP contribution in [0.15, 0.2) is 42.0 Å². The SMILES string of the molecule is CC(C)(C)OC(=O)N1[C@H](C(=O)OCc2ccccc2)CC2=CCC[C@@]21N. The van der Waals surface area contributed by atoms with E-state index in [2.05, 4.69) is 0 Å². The molecule has 0 spiro atoms. The number of likely N-dealkylation sites (tertiary alicyclic amines) is 1. The molecule has 140 valence electrons. The minimum absolute atomic E-state index is 0.162. The number of fused-ring (bicyclic) bond motifs is 1. The summed E-state index contributed by atoms with van der Waals surface area (Å²) in [6.07, 6.45) is 3.21. The minimum Gasteiger partial charge on any atom is -0.459 e. The van der Waals surface area contributed by atoms with Crippen LogP contribution in [0.4, 0.5) is 4.79 Å². The van der Waals surface area contributed by atoms with E-state index in [1.165, 1.54) is 4.90 Å². The van der Waals surface area contributed by atoms with Crippen LogP contribution in [0.3, 0.4) is 0 Å². The molecule has 1 aliphatic heterocycles. The summed E-state index contributed by atoms with van der Waals surface area (Å²) < 4.78 is 11.0. The predicted octanol–water partition coefficient (Wildman–Crippen LogP) is 3.11. The number of hydrogen-bond acceptors (Lipinski definition) is 5. The third-order valence-corrected chi connectivity index (χ3v) is 4.71. The first-order valence-electron chi connectivity index (χ1n) is 8.92. The first kappa shape index (κ1) is 18.5. The molecule has 2 N–H and O–H groups in total. The molecule has 26 heavy (non-hydrogen) atoms. The molecular formula is C20H26N2O4. The molecule has 1 amide bonds. The topological polar surface area (TPSA) is 81.9 Å². The van der Waals surface area contributed by atoms with Gasteiger partial charge in [0.1, 0.15) is 23.9 Å². The summed E-state index contributed by atoms with van der Waals surface area (Å²) in [7, 11) is 0. The first-order valence-corrected chi connectivity index (χ1v) is 8.92.